The van der Waals surface area contributed by atoms with Crippen LogP contribution in [0.15, 0.2) is 45.1 Å². The maximum atomic E-state index is 5.97. The lowest BCUT2D eigenvalue weighted by molar-refractivity contribution is 0.578. The summed E-state index contributed by atoms with van der Waals surface area (Å²) < 4.78 is 1.16. The van der Waals surface area contributed by atoms with Crippen molar-refractivity contribution in [1.29, 1.82) is 0 Å². The molecule has 1 heterocycles. The zero-order chi connectivity index (χ0) is 13.7. The highest BCUT2D eigenvalue weighted by molar-refractivity contribution is 9.10. The summed E-state index contributed by atoms with van der Waals surface area (Å²) in [6.45, 7) is 0. The summed E-state index contributed by atoms with van der Waals surface area (Å²) in [7, 11) is 0. The van der Waals surface area contributed by atoms with Crippen LogP contribution in [-0.2, 0) is 6.42 Å². The Kier molecular flexibility index (Phi) is 6.19. The van der Waals surface area contributed by atoms with Crippen LogP contribution in [0.25, 0.3) is 0 Å². The third kappa shape index (κ3) is 4.77. The fourth-order valence-electron chi connectivity index (χ4n) is 1.61. The Bertz CT molecular complexity index is 533. The van der Waals surface area contributed by atoms with Crippen LogP contribution in [0.5, 0.6) is 0 Å². The molecule has 1 aromatic heterocycles. The molecule has 19 heavy (non-hydrogen) atoms. The second-order valence-corrected chi connectivity index (χ2v) is 7.41. The summed E-state index contributed by atoms with van der Waals surface area (Å²) in [4.78, 5) is 2.48. The van der Waals surface area contributed by atoms with Gasteiger partial charge in [-0.2, -0.15) is 0 Å². The van der Waals surface area contributed by atoms with Crippen molar-refractivity contribution in [1.82, 2.24) is 5.43 Å². The Balaban J connectivity index is 1.91. The van der Waals surface area contributed by atoms with Gasteiger partial charge >= 0.3 is 0 Å². The lowest BCUT2D eigenvalue weighted by atomic mass is 10.2. The fourth-order valence-corrected chi connectivity index (χ4v) is 4.46. The molecule has 0 aliphatic heterocycles. The smallest absolute Gasteiger partial charge is 0.0417 e. The van der Waals surface area contributed by atoms with Crippen LogP contribution < -0.4 is 11.3 Å². The van der Waals surface area contributed by atoms with Crippen LogP contribution in [0.1, 0.15) is 4.88 Å². The van der Waals surface area contributed by atoms with Gasteiger partial charge < -0.3 is 0 Å². The van der Waals surface area contributed by atoms with Gasteiger partial charge in [0.05, 0.1) is 0 Å². The number of rotatable bonds is 6. The molecule has 6 heteroatoms. The Morgan fingerprint density at radius 3 is 2.89 bits per heavy atom. The van der Waals surface area contributed by atoms with E-state index in [9.17, 15) is 0 Å². The lowest BCUT2D eigenvalue weighted by Crippen LogP contribution is -2.38. The molecule has 0 radical (unpaired) electrons. The molecular weight excluding hydrogens is 364 g/mol. The Hall–Kier alpha value is -0.0400. The first kappa shape index (κ1) is 15.4. The van der Waals surface area contributed by atoms with Gasteiger partial charge in [-0.15, -0.1) is 23.1 Å². The number of thioether (sulfide) groups is 1. The van der Waals surface area contributed by atoms with Crippen molar-refractivity contribution < 1.29 is 0 Å². The third-order valence-corrected chi connectivity index (χ3v) is 5.95. The van der Waals surface area contributed by atoms with Gasteiger partial charge in [0, 0.05) is 37.5 Å². The highest BCUT2D eigenvalue weighted by atomic mass is 79.9. The van der Waals surface area contributed by atoms with Crippen LogP contribution in [-0.4, -0.2) is 11.8 Å². The summed E-state index contributed by atoms with van der Waals surface area (Å²) in [6.07, 6.45) is 0.919. The van der Waals surface area contributed by atoms with E-state index in [2.05, 4.69) is 38.9 Å². The Morgan fingerprint density at radius 2 is 2.26 bits per heavy atom. The number of hydrazine groups is 1. The molecule has 1 unspecified atom stereocenters. The van der Waals surface area contributed by atoms with E-state index in [1.807, 2.05) is 18.2 Å². The number of nitrogens with two attached hydrogens (primary N) is 1. The van der Waals surface area contributed by atoms with Gasteiger partial charge in [-0.3, -0.25) is 11.3 Å². The van der Waals surface area contributed by atoms with Gasteiger partial charge in [-0.1, -0.05) is 17.7 Å². The number of nitrogens with one attached hydrogen (secondary N) is 1. The fraction of sp³-hybridized carbons (Fsp3) is 0.231. The first-order valence-electron chi connectivity index (χ1n) is 5.75. The summed E-state index contributed by atoms with van der Waals surface area (Å²) in [5.74, 6) is 6.54. The molecule has 2 rings (SSSR count). The zero-order valence-electron chi connectivity index (χ0n) is 10.1. The summed E-state index contributed by atoms with van der Waals surface area (Å²) >= 11 is 13.0. The molecule has 2 nitrogen and oxygen atoms in total. The van der Waals surface area contributed by atoms with Gasteiger partial charge in [0.2, 0.25) is 0 Å². The quantitative estimate of drug-likeness (QED) is 0.447. The summed E-state index contributed by atoms with van der Waals surface area (Å²) in [5.41, 5.74) is 2.88. The lowest BCUT2D eigenvalue weighted by Gasteiger charge is -2.15. The average Bonchev–Trinajstić information content (AvgIpc) is 2.80. The van der Waals surface area contributed by atoms with Gasteiger partial charge in [0.15, 0.2) is 0 Å². The standard InChI is InChI=1S/C13H14BrClN2S2/c14-12-4-5-18-13(12)7-10(17-16)8-19-11-3-1-2-9(15)6-11/h1-6,10,17H,7-8,16H2. The van der Waals surface area contributed by atoms with Gasteiger partial charge in [-0.25, -0.2) is 0 Å². The second kappa shape index (κ2) is 7.67. The average molecular weight is 378 g/mol. The summed E-state index contributed by atoms with van der Waals surface area (Å²) in [6, 6.07) is 10.2. The van der Waals surface area contributed by atoms with Crippen molar-refractivity contribution in [2.45, 2.75) is 17.4 Å². The van der Waals surface area contributed by atoms with Crippen LogP contribution in [0, 0.1) is 0 Å². The van der Waals surface area contributed by atoms with Gasteiger partial charge in [0.1, 0.15) is 0 Å². The zero-order valence-corrected chi connectivity index (χ0v) is 14.1. The molecule has 0 saturated carbocycles. The van der Waals surface area contributed by atoms with Crippen molar-refractivity contribution in [3.8, 4) is 0 Å². The van der Waals surface area contributed by atoms with E-state index < -0.39 is 0 Å². The molecule has 2 aromatic rings. The SMILES string of the molecule is NNC(CSc1cccc(Cl)c1)Cc1sccc1Br. The van der Waals surface area contributed by atoms with Crippen LogP contribution in [0.4, 0.5) is 0 Å². The van der Waals surface area contributed by atoms with Crippen LogP contribution >= 0.6 is 50.6 Å². The number of halogens is 2. The molecule has 0 saturated heterocycles. The molecule has 102 valence electrons. The maximum absolute atomic E-state index is 5.97. The van der Waals surface area contributed by atoms with E-state index in [1.54, 1.807) is 23.1 Å². The van der Waals surface area contributed by atoms with E-state index in [-0.39, 0.29) is 6.04 Å². The predicted octanol–water partition coefficient (Wildman–Crippen LogP) is 4.33. The molecule has 3 N–H and O–H groups in total. The Morgan fingerprint density at radius 1 is 1.42 bits per heavy atom. The molecule has 0 bridgehead atoms. The van der Waals surface area contributed by atoms with E-state index in [4.69, 9.17) is 17.4 Å². The topological polar surface area (TPSA) is 38.0 Å². The molecule has 0 aliphatic rings. The number of hydrogen-bond donors (Lipinski definition) is 2. The maximum Gasteiger partial charge on any atom is 0.0417 e. The highest BCUT2D eigenvalue weighted by Crippen LogP contribution is 2.26. The van der Waals surface area contributed by atoms with Crippen molar-refractivity contribution >= 4 is 50.6 Å². The molecular formula is C13H14BrClN2S2. The third-order valence-electron chi connectivity index (χ3n) is 2.61. The van der Waals surface area contributed by atoms with Gasteiger partial charge in [0.25, 0.3) is 0 Å². The number of benzene rings is 1. The van der Waals surface area contributed by atoms with Crippen LogP contribution in [0.2, 0.25) is 5.02 Å². The monoisotopic (exact) mass is 376 g/mol. The van der Waals surface area contributed by atoms with E-state index in [0.29, 0.717) is 0 Å². The second-order valence-electron chi connectivity index (χ2n) is 4.03. The molecule has 0 amide bonds. The minimum absolute atomic E-state index is 0.235. The van der Waals surface area contributed by atoms with Crippen LogP contribution in [0.3, 0.4) is 0 Å². The van der Waals surface area contributed by atoms with Crippen molar-refractivity contribution in [2.75, 3.05) is 5.75 Å². The Labute approximate surface area is 134 Å². The van der Waals surface area contributed by atoms with Gasteiger partial charge in [-0.05, 0) is 45.6 Å². The first-order chi connectivity index (χ1) is 9.19. The molecule has 1 aromatic carbocycles. The van der Waals surface area contributed by atoms with Crippen molar-refractivity contribution in [3.63, 3.8) is 0 Å². The first-order valence-corrected chi connectivity index (χ1v) is 8.79. The van der Waals surface area contributed by atoms with E-state index >= 15 is 0 Å². The highest BCUT2D eigenvalue weighted by Gasteiger charge is 2.11. The molecule has 0 fully saturated rings. The molecule has 0 aliphatic carbocycles. The largest absolute Gasteiger partial charge is 0.271 e. The minimum atomic E-state index is 0.235. The van der Waals surface area contributed by atoms with E-state index in [1.165, 1.54) is 4.88 Å². The minimum Gasteiger partial charge on any atom is -0.271 e. The summed E-state index contributed by atoms with van der Waals surface area (Å²) in [5, 5.41) is 2.85. The number of thiophene rings is 1. The number of hydrogen-bond acceptors (Lipinski definition) is 4. The predicted molar refractivity (Wildman–Crippen MR) is 89.0 cm³/mol. The normalized spacial score (nSPS) is 12.6. The molecule has 0 spiro atoms. The van der Waals surface area contributed by atoms with Crippen molar-refractivity contribution in [2.24, 2.45) is 5.84 Å². The molecule has 1 atom stereocenters. The van der Waals surface area contributed by atoms with Crippen molar-refractivity contribution in [3.05, 3.63) is 50.1 Å². The van der Waals surface area contributed by atoms with E-state index in [0.717, 1.165) is 26.6 Å².